The molecule has 1 aliphatic heterocycles. The summed E-state index contributed by atoms with van der Waals surface area (Å²) in [6.45, 7) is 0. The lowest BCUT2D eigenvalue weighted by atomic mass is 10.1. The standard InChI is InChI=1S/C22H15F3N2O3S/c1-30-16-9-3-2-8-15(16)27-20(28)18(17-10-5-11-31-17)19(21(27)29)26-14-7-4-6-13(12-14)22(23,24)25/h2-12,26H,1H3. The Morgan fingerprint density at radius 1 is 0.968 bits per heavy atom. The van der Waals surface area contributed by atoms with Gasteiger partial charge in [0.05, 0.1) is 23.9 Å². The summed E-state index contributed by atoms with van der Waals surface area (Å²) in [7, 11) is 1.42. The summed E-state index contributed by atoms with van der Waals surface area (Å²) < 4.78 is 44.6. The van der Waals surface area contributed by atoms with Crippen molar-refractivity contribution in [2.75, 3.05) is 17.3 Å². The summed E-state index contributed by atoms with van der Waals surface area (Å²) in [6.07, 6.45) is -4.54. The van der Waals surface area contributed by atoms with E-state index >= 15 is 0 Å². The number of hydrogen-bond acceptors (Lipinski definition) is 5. The van der Waals surface area contributed by atoms with E-state index in [0.717, 1.165) is 17.0 Å². The first-order chi connectivity index (χ1) is 14.8. The molecule has 0 bridgehead atoms. The molecule has 0 atom stereocenters. The van der Waals surface area contributed by atoms with E-state index in [2.05, 4.69) is 5.32 Å². The lowest BCUT2D eigenvalue weighted by Crippen LogP contribution is -2.32. The van der Waals surface area contributed by atoms with Crippen molar-refractivity contribution >= 4 is 40.1 Å². The van der Waals surface area contributed by atoms with Gasteiger partial charge in [-0.1, -0.05) is 24.3 Å². The van der Waals surface area contributed by atoms with Gasteiger partial charge in [-0.05, 0) is 41.8 Å². The number of amides is 2. The van der Waals surface area contributed by atoms with Gasteiger partial charge in [-0.2, -0.15) is 13.2 Å². The van der Waals surface area contributed by atoms with E-state index in [1.165, 1.54) is 30.6 Å². The van der Waals surface area contributed by atoms with Gasteiger partial charge in [-0.25, -0.2) is 4.90 Å². The number of imide groups is 1. The predicted molar refractivity (Wildman–Crippen MR) is 112 cm³/mol. The summed E-state index contributed by atoms with van der Waals surface area (Å²) >= 11 is 1.25. The molecule has 4 rings (SSSR count). The van der Waals surface area contributed by atoms with Crippen LogP contribution in [0.3, 0.4) is 0 Å². The normalized spacial score (nSPS) is 14.4. The average molecular weight is 444 g/mol. The second kappa shape index (κ2) is 7.92. The molecule has 2 heterocycles. The van der Waals surface area contributed by atoms with Crippen LogP contribution in [0.5, 0.6) is 5.75 Å². The molecule has 5 nitrogen and oxygen atoms in total. The minimum Gasteiger partial charge on any atom is -0.495 e. The Labute approximate surface area is 179 Å². The van der Waals surface area contributed by atoms with Crippen molar-refractivity contribution in [1.82, 2.24) is 0 Å². The predicted octanol–water partition coefficient (Wildman–Crippen LogP) is 5.17. The molecule has 9 heteroatoms. The number of alkyl halides is 3. The van der Waals surface area contributed by atoms with E-state index < -0.39 is 23.6 Å². The minimum absolute atomic E-state index is 0.0434. The largest absolute Gasteiger partial charge is 0.495 e. The average Bonchev–Trinajstić information content (AvgIpc) is 3.35. The molecule has 1 N–H and O–H groups in total. The Kier molecular flexibility index (Phi) is 5.28. The highest BCUT2D eigenvalue weighted by Crippen LogP contribution is 2.39. The maximum Gasteiger partial charge on any atom is 0.416 e. The van der Waals surface area contributed by atoms with Crippen molar-refractivity contribution in [3.05, 3.63) is 82.2 Å². The molecular weight excluding hydrogens is 429 g/mol. The summed E-state index contributed by atoms with van der Waals surface area (Å²) in [5.74, 6) is -0.961. The van der Waals surface area contributed by atoms with E-state index in [-0.39, 0.29) is 22.6 Å². The van der Waals surface area contributed by atoms with Crippen molar-refractivity contribution in [2.45, 2.75) is 6.18 Å². The smallest absolute Gasteiger partial charge is 0.416 e. The van der Waals surface area contributed by atoms with Crippen molar-refractivity contribution in [3.63, 3.8) is 0 Å². The van der Waals surface area contributed by atoms with Gasteiger partial charge < -0.3 is 10.1 Å². The van der Waals surface area contributed by atoms with Crippen molar-refractivity contribution in [3.8, 4) is 5.75 Å². The number of benzene rings is 2. The van der Waals surface area contributed by atoms with Crippen LogP contribution in [0.1, 0.15) is 10.4 Å². The molecule has 1 aliphatic rings. The molecule has 31 heavy (non-hydrogen) atoms. The fraction of sp³-hybridized carbons (Fsp3) is 0.0909. The first-order valence-corrected chi connectivity index (χ1v) is 9.93. The van der Waals surface area contributed by atoms with Crippen LogP contribution in [0, 0.1) is 0 Å². The molecule has 0 radical (unpaired) electrons. The van der Waals surface area contributed by atoms with E-state index in [1.807, 2.05) is 0 Å². The van der Waals surface area contributed by atoms with E-state index in [1.54, 1.807) is 41.8 Å². The summed E-state index contributed by atoms with van der Waals surface area (Å²) in [5, 5.41) is 4.49. The lowest BCUT2D eigenvalue weighted by Gasteiger charge is -2.18. The molecule has 158 valence electrons. The zero-order chi connectivity index (χ0) is 22.2. The van der Waals surface area contributed by atoms with Gasteiger partial charge in [-0.15, -0.1) is 11.3 Å². The summed E-state index contributed by atoms with van der Waals surface area (Å²) in [4.78, 5) is 28.1. The molecule has 2 aromatic carbocycles. The number of hydrogen-bond donors (Lipinski definition) is 1. The van der Waals surface area contributed by atoms with Gasteiger partial charge in [0.15, 0.2) is 0 Å². The first-order valence-electron chi connectivity index (χ1n) is 9.05. The number of methoxy groups -OCH3 is 1. The Morgan fingerprint density at radius 2 is 1.74 bits per heavy atom. The number of carbonyl (C=O) groups excluding carboxylic acids is 2. The third-order valence-corrected chi connectivity index (χ3v) is 5.52. The van der Waals surface area contributed by atoms with E-state index in [4.69, 9.17) is 4.74 Å². The molecular formula is C22H15F3N2O3S. The third-order valence-electron chi connectivity index (χ3n) is 4.64. The number of rotatable bonds is 5. The highest BCUT2D eigenvalue weighted by Gasteiger charge is 2.42. The Balaban J connectivity index is 1.80. The van der Waals surface area contributed by atoms with Crippen LogP contribution in [0.2, 0.25) is 0 Å². The van der Waals surface area contributed by atoms with Crippen molar-refractivity contribution < 1.29 is 27.5 Å². The van der Waals surface area contributed by atoms with Crippen LogP contribution in [-0.2, 0) is 15.8 Å². The minimum atomic E-state index is -4.54. The third kappa shape index (κ3) is 3.79. The summed E-state index contributed by atoms with van der Waals surface area (Å²) in [6, 6.07) is 14.4. The van der Waals surface area contributed by atoms with Crippen molar-refractivity contribution in [2.24, 2.45) is 0 Å². The van der Waals surface area contributed by atoms with Gasteiger partial charge in [0.1, 0.15) is 11.4 Å². The SMILES string of the molecule is COc1ccccc1N1C(=O)C(Nc2cccc(C(F)(F)F)c2)=C(c2cccs2)C1=O. The number of ether oxygens (including phenoxy) is 1. The Bertz CT molecular complexity index is 1190. The number of para-hydroxylation sites is 2. The zero-order valence-electron chi connectivity index (χ0n) is 16.1. The van der Waals surface area contributed by atoms with Crippen LogP contribution in [0.4, 0.5) is 24.5 Å². The van der Waals surface area contributed by atoms with Gasteiger partial charge >= 0.3 is 6.18 Å². The molecule has 0 spiro atoms. The molecule has 0 fully saturated rings. The molecule has 0 saturated heterocycles. The Morgan fingerprint density at radius 3 is 2.42 bits per heavy atom. The van der Waals surface area contributed by atoms with Gasteiger partial charge in [0.25, 0.3) is 11.8 Å². The monoisotopic (exact) mass is 444 g/mol. The summed E-state index contributed by atoms with van der Waals surface area (Å²) in [5.41, 5.74) is -0.591. The van der Waals surface area contributed by atoms with Gasteiger partial charge in [0.2, 0.25) is 0 Å². The van der Waals surface area contributed by atoms with Crippen LogP contribution in [-0.4, -0.2) is 18.9 Å². The van der Waals surface area contributed by atoms with E-state index in [0.29, 0.717) is 10.6 Å². The number of anilines is 2. The second-order valence-corrected chi connectivity index (χ2v) is 7.50. The number of nitrogens with zero attached hydrogens (tertiary/aromatic N) is 1. The van der Waals surface area contributed by atoms with Crippen molar-refractivity contribution in [1.29, 1.82) is 0 Å². The van der Waals surface area contributed by atoms with Gasteiger partial charge in [0, 0.05) is 10.6 Å². The second-order valence-electron chi connectivity index (χ2n) is 6.55. The van der Waals surface area contributed by atoms with Crippen LogP contribution in [0.25, 0.3) is 5.57 Å². The lowest BCUT2D eigenvalue weighted by molar-refractivity contribution is -0.137. The van der Waals surface area contributed by atoms with Crippen LogP contribution >= 0.6 is 11.3 Å². The molecule has 2 amide bonds. The number of nitrogens with one attached hydrogen (secondary N) is 1. The highest BCUT2D eigenvalue weighted by molar-refractivity contribution is 7.11. The zero-order valence-corrected chi connectivity index (χ0v) is 16.9. The fourth-order valence-electron chi connectivity index (χ4n) is 3.25. The fourth-order valence-corrected chi connectivity index (χ4v) is 4.01. The maximum atomic E-state index is 13.3. The molecule has 0 unspecified atom stereocenters. The van der Waals surface area contributed by atoms with Gasteiger partial charge in [-0.3, -0.25) is 9.59 Å². The van der Waals surface area contributed by atoms with Crippen LogP contribution < -0.4 is 15.0 Å². The highest BCUT2D eigenvalue weighted by atomic mass is 32.1. The number of carbonyl (C=O) groups is 2. The number of thiophene rings is 1. The van der Waals surface area contributed by atoms with E-state index in [9.17, 15) is 22.8 Å². The quantitative estimate of drug-likeness (QED) is 0.552. The Hall–Kier alpha value is -3.59. The van der Waals surface area contributed by atoms with Crippen LogP contribution in [0.15, 0.2) is 71.7 Å². The molecule has 3 aromatic rings. The maximum absolute atomic E-state index is 13.3. The molecule has 0 saturated carbocycles. The first kappa shape index (κ1) is 20.7. The number of halogens is 3. The molecule has 1 aromatic heterocycles. The topological polar surface area (TPSA) is 58.6 Å². The molecule has 0 aliphatic carbocycles.